The summed E-state index contributed by atoms with van der Waals surface area (Å²) in [5.41, 5.74) is 1.15. The van der Waals surface area contributed by atoms with E-state index in [1.807, 2.05) is 26.1 Å². The van der Waals surface area contributed by atoms with E-state index in [-0.39, 0.29) is 0 Å². The summed E-state index contributed by atoms with van der Waals surface area (Å²) in [5.74, 6) is 2.28. The monoisotopic (exact) mass is 251 g/mol. The van der Waals surface area contributed by atoms with Gasteiger partial charge < -0.3 is 14.8 Å². The summed E-state index contributed by atoms with van der Waals surface area (Å²) in [6.45, 7) is 8.54. The zero-order valence-corrected chi connectivity index (χ0v) is 12.0. The van der Waals surface area contributed by atoms with E-state index in [2.05, 4.69) is 25.2 Å². The largest absolute Gasteiger partial charge is 0.490 e. The van der Waals surface area contributed by atoms with Crippen molar-refractivity contribution in [3.63, 3.8) is 0 Å². The Balaban J connectivity index is 2.87. The van der Waals surface area contributed by atoms with Gasteiger partial charge in [-0.1, -0.05) is 32.4 Å². The molecular formula is C15H25NO2. The summed E-state index contributed by atoms with van der Waals surface area (Å²) >= 11 is 0. The highest BCUT2D eigenvalue weighted by Gasteiger charge is 2.11. The first-order valence-electron chi connectivity index (χ1n) is 6.74. The van der Waals surface area contributed by atoms with E-state index >= 15 is 0 Å². The molecule has 0 aliphatic rings. The minimum absolute atomic E-state index is 0.558. The third-order valence-electron chi connectivity index (χ3n) is 2.94. The fourth-order valence-electron chi connectivity index (χ4n) is 1.67. The maximum absolute atomic E-state index is 5.96. The molecule has 0 amide bonds. The van der Waals surface area contributed by atoms with E-state index in [1.165, 1.54) is 0 Å². The lowest BCUT2D eigenvalue weighted by molar-refractivity contribution is 0.235. The number of rotatable bonds is 8. The molecule has 0 aromatic heterocycles. The van der Waals surface area contributed by atoms with Gasteiger partial charge in [0.2, 0.25) is 0 Å². The van der Waals surface area contributed by atoms with Crippen LogP contribution in [-0.2, 0) is 6.54 Å². The van der Waals surface area contributed by atoms with Crippen LogP contribution >= 0.6 is 0 Å². The number of nitrogens with one attached hydrogen (secondary N) is 1. The molecule has 0 aliphatic carbocycles. The van der Waals surface area contributed by atoms with Crippen LogP contribution in [-0.4, -0.2) is 20.3 Å². The predicted octanol–water partition coefficient (Wildman–Crippen LogP) is 3.23. The second-order valence-corrected chi connectivity index (χ2v) is 4.53. The Hall–Kier alpha value is -1.22. The molecule has 1 aromatic carbocycles. The Morgan fingerprint density at radius 3 is 2.61 bits per heavy atom. The van der Waals surface area contributed by atoms with Gasteiger partial charge >= 0.3 is 0 Å². The van der Waals surface area contributed by atoms with E-state index in [0.717, 1.165) is 36.6 Å². The highest BCUT2D eigenvalue weighted by molar-refractivity contribution is 5.46. The van der Waals surface area contributed by atoms with Gasteiger partial charge in [0.15, 0.2) is 11.5 Å². The first-order chi connectivity index (χ1) is 8.72. The Labute approximate surface area is 110 Å². The lowest BCUT2D eigenvalue weighted by atomic mass is 10.1. The number of hydrogen-bond donors (Lipinski definition) is 1. The van der Waals surface area contributed by atoms with Crippen molar-refractivity contribution >= 4 is 0 Å². The topological polar surface area (TPSA) is 30.5 Å². The van der Waals surface area contributed by atoms with Crippen molar-refractivity contribution in [2.24, 2.45) is 5.92 Å². The first-order valence-corrected chi connectivity index (χ1v) is 6.74. The quantitative estimate of drug-likeness (QED) is 0.769. The Morgan fingerprint density at radius 1 is 1.22 bits per heavy atom. The summed E-state index contributed by atoms with van der Waals surface area (Å²) < 4.78 is 11.6. The van der Waals surface area contributed by atoms with Crippen molar-refractivity contribution < 1.29 is 9.47 Å². The second-order valence-electron chi connectivity index (χ2n) is 4.53. The van der Waals surface area contributed by atoms with Gasteiger partial charge in [-0.2, -0.15) is 0 Å². The van der Waals surface area contributed by atoms with Gasteiger partial charge in [0, 0.05) is 12.1 Å². The smallest absolute Gasteiger partial charge is 0.165 e. The van der Waals surface area contributed by atoms with Crippen molar-refractivity contribution in [1.29, 1.82) is 0 Å². The van der Waals surface area contributed by atoms with Crippen LogP contribution in [0.3, 0.4) is 0 Å². The van der Waals surface area contributed by atoms with Crippen LogP contribution in [0.5, 0.6) is 11.5 Å². The van der Waals surface area contributed by atoms with E-state index in [0.29, 0.717) is 12.5 Å². The second kappa shape index (κ2) is 7.98. The van der Waals surface area contributed by atoms with Gasteiger partial charge in [-0.15, -0.1) is 0 Å². The Bertz CT molecular complexity index is 328. The van der Waals surface area contributed by atoms with Crippen molar-refractivity contribution in [3.8, 4) is 11.5 Å². The van der Waals surface area contributed by atoms with Gasteiger partial charge in [0.05, 0.1) is 13.2 Å². The van der Waals surface area contributed by atoms with Crippen LogP contribution in [0.25, 0.3) is 0 Å². The molecule has 102 valence electrons. The molecule has 0 saturated heterocycles. The van der Waals surface area contributed by atoms with Crippen molar-refractivity contribution in [3.05, 3.63) is 23.8 Å². The predicted molar refractivity (Wildman–Crippen MR) is 75.3 cm³/mol. The molecular weight excluding hydrogens is 226 g/mol. The minimum atomic E-state index is 0.558. The molecule has 0 fully saturated rings. The Kier molecular flexibility index (Phi) is 6.58. The zero-order valence-electron chi connectivity index (χ0n) is 12.0. The molecule has 0 bridgehead atoms. The highest BCUT2D eigenvalue weighted by Crippen LogP contribution is 2.31. The van der Waals surface area contributed by atoms with Gasteiger partial charge in [0.1, 0.15) is 0 Å². The minimum Gasteiger partial charge on any atom is -0.490 e. The number of ether oxygens (including phenoxy) is 2. The van der Waals surface area contributed by atoms with Gasteiger partial charge in [-0.05, 0) is 26.0 Å². The summed E-state index contributed by atoms with van der Waals surface area (Å²) in [7, 11) is 1.94. The molecule has 3 heteroatoms. The SMILES string of the molecule is CCOc1cccc(CNC)c1OCC(C)CC. The first kappa shape index (κ1) is 14.8. The standard InChI is InChI=1S/C15H25NO2/c1-5-12(3)11-18-15-13(10-16-4)8-7-9-14(15)17-6-2/h7-9,12,16H,5-6,10-11H2,1-4H3. The fraction of sp³-hybridized carbons (Fsp3) is 0.600. The third-order valence-corrected chi connectivity index (χ3v) is 2.94. The maximum atomic E-state index is 5.96. The molecule has 1 atom stereocenters. The summed E-state index contributed by atoms with van der Waals surface area (Å²) in [6.07, 6.45) is 1.12. The molecule has 0 heterocycles. The van der Waals surface area contributed by atoms with E-state index in [4.69, 9.17) is 9.47 Å². The van der Waals surface area contributed by atoms with Crippen molar-refractivity contribution in [1.82, 2.24) is 5.32 Å². The molecule has 0 radical (unpaired) electrons. The van der Waals surface area contributed by atoms with Crippen molar-refractivity contribution in [2.75, 3.05) is 20.3 Å². The molecule has 0 aliphatic heterocycles. The van der Waals surface area contributed by atoms with Crippen LogP contribution in [0, 0.1) is 5.92 Å². The highest BCUT2D eigenvalue weighted by atomic mass is 16.5. The fourth-order valence-corrected chi connectivity index (χ4v) is 1.67. The lowest BCUT2D eigenvalue weighted by Gasteiger charge is -2.17. The normalized spacial score (nSPS) is 12.2. The van der Waals surface area contributed by atoms with Crippen molar-refractivity contribution in [2.45, 2.75) is 33.7 Å². The van der Waals surface area contributed by atoms with E-state index in [9.17, 15) is 0 Å². The lowest BCUT2D eigenvalue weighted by Crippen LogP contribution is -2.12. The van der Waals surface area contributed by atoms with E-state index < -0.39 is 0 Å². The molecule has 1 N–H and O–H groups in total. The van der Waals surface area contributed by atoms with Crippen LogP contribution in [0.2, 0.25) is 0 Å². The van der Waals surface area contributed by atoms with Gasteiger partial charge in [-0.3, -0.25) is 0 Å². The Morgan fingerprint density at radius 2 is 2.00 bits per heavy atom. The summed E-state index contributed by atoms with van der Waals surface area (Å²) in [4.78, 5) is 0. The molecule has 1 aromatic rings. The number of para-hydroxylation sites is 1. The molecule has 0 saturated carbocycles. The third kappa shape index (κ3) is 4.22. The van der Waals surface area contributed by atoms with Crippen LogP contribution in [0.1, 0.15) is 32.8 Å². The zero-order chi connectivity index (χ0) is 13.4. The van der Waals surface area contributed by atoms with Gasteiger partial charge in [-0.25, -0.2) is 0 Å². The van der Waals surface area contributed by atoms with E-state index in [1.54, 1.807) is 0 Å². The van der Waals surface area contributed by atoms with Crippen LogP contribution in [0.15, 0.2) is 18.2 Å². The molecule has 1 unspecified atom stereocenters. The molecule has 18 heavy (non-hydrogen) atoms. The van der Waals surface area contributed by atoms with Crippen LogP contribution in [0.4, 0.5) is 0 Å². The molecule has 1 rings (SSSR count). The van der Waals surface area contributed by atoms with Crippen LogP contribution < -0.4 is 14.8 Å². The number of benzene rings is 1. The average Bonchev–Trinajstić information content (AvgIpc) is 2.38. The summed E-state index contributed by atoms with van der Waals surface area (Å²) in [5, 5.41) is 3.16. The average molecular weight is 251 g/mol. The molecule has 3 nitrogen and oxygen atoms in total. The summed E-state index contributed by atoms with van der Waals surface area (Å²) in [6, 6.07) is 6.05. The number of hydrogen-bond acceptors (Lipinski definition) is 3. The van der Waals surface area contributed by atoms with Gasteiger partial charge in [0.25, 0.3) is 0 Å². The molecule has 0 spiro atoms. The maximum Gasteiger partial charge on any atom is 0.165 e.